The van der Waals surface area contributed by atoms with Crippen molar-refractivity contribution in [1.82, 2.24) is 9.55 Å². The van der Waals surface area contributed by atoms with Crippen LogP contribution >= 0.6 is 0 Å². The molecule has 1 amide bonds. The Bertz CT molecular complexity index is 684. The van der Waals surface area contributed by atoms with Crippen LogP contribution in [-0.4, -0.2) is 34.7 Å². The molecule has 0 radical (unpaired) electrons. The Morgan fingerprint density at radius 2 is 2.36 bits per heavy atom. The minimum absolute atomic E-state index is 0.125. The lowest BCUT2D eigenvalue weighted by Gasteiger charge is -2.13. The van der Waals surface area contributed by atoms with Crippen LogP contribution in [0, 0.1) is 5.82 Å². The second kappa shape index (κ2) is 8.62. The van der Waals surface area contributed by atoms with Crippen molar-refractivity contribution in [2.75, 3.05) is 23.8 Å². The summed E-state index contributed by atoms with van der Waals surface area (Å²) in [6.45, 7) is 2.10. The first-order chi connectivity index (χ1) is 12.2. The molecule has 2 heterocycles. The zero-order chi connectivity index (χ0) is 17.5. The molecule has 2 aromatic rings. The van der Waals surface area contributed by atoms with Gasteiger partial charge in [-0.2, -0.15) is 0 Å². The molecule has 1 fully saturated rings. The van der Waals surface area contributed by atoms with Gasteiger partial charge in [0.05, 0.1) is 18.1 Å². The molecule has 7 heteroatoms. The van der Waals surface area contributed by atoms with E-state index in [1.807, 2.05) is 10.8 Å². The number of hydrogen-bond donors (Lipinski definition) is 2. The summed E-state index contributed by atoms with van der Waals surface area (Å²) in [5.41, 5.74) is 0.890. The first kappa shape index (κ1) is 17.4. The number of amides is 1. The van der Waals surface area contributed by atoms with Crippen LogP contribution in [0.4, 0.5) is 15.8 Å². The van der Waals surface area contributed by atoms with Gasteiger partial charge in [-0.15, -0.1) is 0 Å². The van der Waals surface area contributed by atoms with Crippen molar-refractivity contribution in [3.63, 3.8) is 0 Å². The third-order valence-electron chi connectivity index (χ3n) is 4.18. The third kappa shape index (κ3) is 5.29. The average Bonchev–Trinajstić information content (AvgIpc) is 3.27. The van der Waals surface area contributed by atoms with Crippen LogP contribution in [0.2, 0.25) is 0 Å². The maximum atomic E-state index is 14.1. The van der Waals surface area contributed by atoms with E-state index in [0.717, 1.165) is 26.0 Å². The Morgan fingerprint density at radius 1 is 1.44 bits per heavy atom. The fourth-order valence-corrected chi connectivity index (χ4v) is 2.83. The van der Waals surface area contributed by atoms with E-state index >= 15 is 0 Å². The largest absolute Gasteiger partial charge is 0.380 e. The van der Waals surface area contributed by atoms with E-state index in [0.29, 0.717) is 30.8 Å². The van der Waals surface area contributed by atoms with E-state index < -0.39 is 0 Å². The number of ether oxygens (including phenoxy) is 1. The molecule has 25 heavy (non-hydrogen) atoms. The second-order valence-corrected chi connectivity index (χ2v) is 6.16. The van der Waals surface area contributed by atoms with Crippen molar-refractivity contribution in [3.05, 3.63) is 42.7 Å². The Labute approximate surface area is 146 Å². The number of rotatable bonds is 8. The topological polar surface area (TPSA) is 68.2 Å². The highest BCUT2D eigenvalue weighted by molar-refractivity contribution is 5.90. The number of aryl methyl sites for hydroxylation is 1. The molecule has 1 atom stereocenters. The summed E-state index contributed by atoms with van der Waals surface area (Å²) in [4.78, 5) is 15.9. The minimum atomic E-state index is -0.380. The van der Waals surface area contributed by atoms with Crippen LogP contribution in [0.25, 0.3) is 0 Å². The van der Waals surface area contributed by atoms with Gasteiger partial charge in [0, 0.05) is 44.2 Å². The number of imidazole rings is 1. The van der Waals surface area contributed by atoms with Crippen LogP contribution in [-0.2, 0) is 16.1 Å². The van der Waals surface area contributed by atoms with E-state index in [9.17, 15) is 9.18 Å². The smallest absolute Gasteiger partial charge is 0.224 e. The zero-order valence-electron chi connectivity index (χ0n) is 14.1. The van der Waals surface area contributed by atoms with Crippen molar-refractivity contribution < 1.29 is 13.9 Å². The molecule has 1 aromatic carbocycles. The lowest BCUT2D eigenvalue weighted by atomic mass is 10.2. The monoisotopic (exact) mass is 346 g/mol. The van der Waals surface area contributed by atoms with Crippen LogP contribution in [0.1, 0.15) is 25.7 Å². The summed E-state index contributed by atoms with van der Waals surface area (Å²) < 4.78 is 21.6. The van der Waals surface area contributed by atoms with Gasteiger partial charge in [-0.3, -0.25) is 4.79 Å². The number of nitrogens with one attached hydrogen (secondary N) is 2. The molecule has 134 valence electrons. The first-order valence-corrected chi connectivity index (χ1v) is 8.61. The Balaban J connectivity index is 1.43. The van der Waals surface area contributed by atoms with Gasteiger partial charge >= 0.3 is 0 Å². The van der Waals surface area contributed by atoms with E-state index in [1.165, 1.54) is 6.07 Å². The van der Waals surface area contributed by atoms with Crippen LogP contribution in [0.15, 0.2) is 36.9 Å². The van der Waals surface area contributed by atoms with E-state index in [2.05, 4.69) is 15.6 Å². The molecule has 3 rings (SSSR count). The number of anilines is 2. The highest BCUT2D eigenvalue weighted by Gasteiger charge is 2.15. The second-order valence-electron chi connectivity index (χ2n) is 6.16. The van der Waals surface area contributed by atoms with Crippen LogP contribution < -0.4 is 10.6 Å². The minimum Gasteiger partial charge on any atom is -0.380 e. The van der Waals surface area contributed by atoms with Gasteiger partial charge in [0.15, 0.2) is 0 Å². The summed E-state index contributed by atoms with van der Waals surface area (Å²) in [6, 6.07) is 4.69. The Morgan fingerprint density at radius 3 is 3.08 bits per heavy atom. The summed E-state index contributed by atoms with van der Waals surface area (Å²) in [5.74, 6) is -0.506. The van der Waals surface area contributed by atoms with Gasteiger partial charge in [-0.25, -0.2) is 9.37 Å². The summed E-state index contributed by atoms with van der Waals surface area (Å²) in [5, 5.41) is 5.79. The maximum Gasteiger partial charge on any atom is 0.224 e. The average molecular weight is 346 g/mol. The predicted molar refractivity (Wildman–Crippen MR) is 94.0 cm³/mol. The molecule has 0 aliphatic carbocycles. The van der Waals surface area contributed by atoms with E-state index in [-0.39, 0.29) is 17.8 Å². The van der Waals surface area contributed by atoms with E-state index in [1.54, 1.807) is 24.7 Å². The summed E-state index contributed by atoms with van der Waals surface area (Å²) in [6.07, 6.45) is 8.56. The number of hydrogen-bond acceptors (Lipinski definition) is 4. The molecule has 2 N–H and O–H groups in total. The molecule has 0 bridgehead atoms. The number of benzene rings is 1. The molecule has 1 aliphatic rings. The molecule has 1 unspecified atom stereocenters. The predicted octanol–water partition coefficient (Wildman–Crippen LogP) is 3.03. The molecular formula is C18H23FN4O2. The Kier molecular flexibility index (Phi) is 6.00. The molecule has 1 aliphatic heterocycles. The van der Waals surface area contributed by atoms with Gasteiger partial charge in [-0.05, 0) is 37.5 Å². The Hall–Kier alpha value is -2.41. The van der Waals surface area contributed by atoms with Crippen LogP contribution in [0.5, 0.6) is 0 Å². The lowest BCUT2D eigenvalue weighted by molar-refractivity contribution is -0.116. The normalized spacial score (nSPS) is 16.8. The van der Waals surface area contributed by atoms with Crippen molar-refractivity contribution in [2.24, 2.45) is 0 Å². The van der Waals surface area contributed by atoms with Crippen molar-refractivity contribution in [3.8, 4) is 0 Å². The SMILES string of the molecule is O=C(CCCn1ccnc1)Nc1ccc(NCC2CCCO2)c(F)c1. The van der Waals surface area contributed by atoms with Gasteiger partial charge in [0.1, 0.15) is 5.82 Å². The van der Waals surface area contributed by atoms with Gasteiger partial charge in [0.2, 0.25) is 5.91 Å². The standard InChI is InChI=1S/C18H23FN4O2/c19-16-11-14(5-6-17(16)21-12-15-3-2-10-25-15)22-18(24)4-1-8-23-9-7-20-13-23/h5-7,9,11,13,15,21H,1-4,8,10,12H2,(H,22,24). The number of halogens is 1. The van der Waals surface area contributed by atoms with Crippen LogP contribution in [0.3, 0.4) is 0 Å². The molecule has 1 saturated heterocycles. The fraction of sp³-hybridized carbons (Fsp3) is 0.444. The van der Waals surface area contributed by atoms with Gasteiger partial charge in [-0.1, -0.05) is 0 Å². The fourth-order valence-electron chi connectivity index (χ4n) is 2.83. The van der Waals surface area contributed by atoms with Crippen molar-refractivity contribution in [2.45, 2.75) is 38.3 Å². The molecule has 1 aromatic heterocycles. The molecular weight excluding hydrogens is 323 g/mol. The summed E-state index contributed by atoms with van der Waals surface area (Å²) in [7, 11) is 0. The molecule has 0 saturated carbocycles. The third-order valence-corrected chi connectivity index (χ3v) is 4.18. The zero-order valence-corrected chi connectivity index (χ0v) is 14.1. The molecule has 6 nitrogen and oxygen atoms in total. The highest BCUT2D eigenvalue weighted by atomic mass is 19.1. The van der Waals surface area contributed by atoms with E-state index in [4.69, 9.17) is 4.74 Å². The quantitative estimate of drug-likeness (QED) is 0.771. The number of nitrogens with zero attached hydrogens (tertiary/aromatic N) is 2. The summed E-state index contributed by atoms with van der Waals surface area (Å²) >= 11 is 0. The van der Waals surface area contributed by atoms with Gasteiger partial charge < -0.3 is 19.9 Å². The number of carbonyl (C=O) groups is 1. The highest BCUT2D eigenvalue weighted by Crippen LogP contribution is 2.20. The lowest BCUT2D eigenvalue weighted by Crippen LogP contribution is -2.19. The van der Waals surface area contributed by atoms with Crippen molar-refractivity contribution in [1.29, 1.82) is 0 Å². The van der Waals surface area contributed by atoms with Crippen molar-refractivity contribution >= 4 is 17.3 Å². The van der Waals surface area contributed by atoms with Gasteiger partial charge in [0.25, 0.3) is 0 Å². The number of aromatic nitrogens is 2. The maximum absolute atomic E-state index is 14.1. The number of carbonyl (C=O) groups excluding carboxylic acids is 1. The first-order valence-electron chi connectivity index (χ1n) is 8.61. The molecule has 0 spiro atoms.